The van der Waals surface area contributed by atoms with Crippen molar-refractivity contribution in [1.82, 2.24) is 14.6 Å². The van der Waals surface area contributed by atoms with Crippen LogP contribution in [0.2, 0.25) is 0 Å². The normalized spacial score (nSPS) is 17.4. The molecule has 2 unspecified atom stereocenters. The first kappa shape index (κ1) is 31.9. The Labute approximate surface area is 252 Å². The third-order valence-corrected chi connectivity index (χ3v) is 9.34. The second-order valence-electron chi connectivity index (χ2n) is 11.0. The quantitative estimate of drug-likeness (QED) is 0.250. The molecule has 4 atom stereocenters. The second-order valence-corrected chi connectivity index (χ2v) is 12.9. The lowest BCUT2D eigenvalue weighted by atomic mass is 10.0. The number of sulfonamides is 1. The number of aromatic nitrogens is 1. The average molecular weight is 610 g/mol. The van der Waals surface area contributed by atoms with Crippen molar-refractivity contribution in [2.45, 2.75) is 56.8 Å². The molecule has 0 bridgehead atoms. The summed E-state index contributed by atoms with van der Waals surface area (Å²) in [5.74, 6) is -0.217. The number of pyridine rings is 1. The Morgan fingerprint density at radius 2 is 1.86 bits per heavy atom. The van der Waals surface area contributed by atoms with Crippen LogP contribution in [0, 0.1) is 12.8 Å². The standard InChI is InChI=1S/C31H39N5O6S/c1-4-21(2)18-35(43(40,41)25-12-10-24(32)11-13-25)19-27(37)26(17-23-8-6-5-7-9-23)34-30(38)28-20-36(31(39)42-28)29-16-22(3)14-15-33-29/h5-16,21,26-28,37H,4,17-20,32H2,1-3H3,(H,34,38)/t21-,26?,27-,28?/m1/s1. The van der Waals surface area contributed by atoms with Crippen molar-refractivity contribution >= 4 is 33.5 Å². The molecule has 1 fully saturated rings. The zero-order valence-electron chi connectivity index (χ0n) is 24.6. The second kappa shape index (κ2) is 14.0. The molecule has 1 saturated heterocycles. The van der Waals surface area contributed by atoms with Crippen molar-refractivity contribution in [2.24, 2.45) is 5.92 Å². The number of anilines is 2. The van der Waals surface area contributed by atoms with Crippen LogP contribution in [0.1, 0.15) is 31.4 Å². The van der Waals surface area contributed by atoms with E-state index in [1.807, 2.05) is 51.1 Å². The van der Waals surface area contributed by atoms with Gasteiger partial charge in [-0.1, -0.05) is 50.6 Å². The molecule has 11 nitrogen and oxygen atoms in total. The number of carbonyl (C=O) groups excluding carboxylic acids is 2. The number of hydrogen-bond donors (Lipinski definition) is 3. The molecule has 1 aliphatic rings. The maximum atomic E-state index is 13.7. The van der Waals surface area contributed by atoms with Gasteiger partial charge in [-0.05, 0) is 66.8 Å². The molecular formula is C31H39N5O6S. The van der Waals surface area contributed by atoms with E-state index in [-0.39, 0.29) is 36.9 Å². The van der Waals surface area contributed by atoms with Crippen LogP contribution in [0.5, 0.6) is 0 Å². The van der Waals surface area contributed by atoms with Crippen LogP contribution >= 0.6 is 0 Å². The number of cyclic esters (lactones) is 1. The van der Waals surface area contributed by atoms with Crippen molar-refractivity contribution in [3.63, 3.8) is 0 Å². The maximum Gasteiger partial charge on any atom is 0.416 e. The molecule has 2 amide bonds. The number of nitrogens with one attached hydrogen (secondary N) is 1. The number of nitrogen functional groups attached to an aromatic ring is 1. The minimum absolute atomic E-state index is 0.0111. The van der Waals surface area contributed by atoms with Gasteiger partial charge in [0.15, 0.2) is 6.10 Å². The van der Waals surface area contributed by atoms with Crippen molar-refractivity contribution in [3.05, 3.63) is 84.1 Å². The molecule has 3 aromatic rings. The Morgan fingerprint density at radius 3 is 2.51 bits per heavy atom. The molecule has 0 spiro atoms. The lowest BCUT2D eigenvalue weighted by molar-refractivity contribution is -0.129. The van der Waals surface area contributed by atoms with Gasteiger partial charge in [0.05, 0.1) is 23.6 Å². The van der Waals surface area contributed by atoms with Crippen LogP contribution in [0.15, 0.2) is 77.8 Å². The average Bonchev–Trinajstić information content (AvgIpc) is 3.38. The molecule has 12 heteroatoms. The summed E-state index contributed by atoms with van der Waals surface area (Å²) in [7, 11) is -4.00. The number of aliphatic hydroxyl groups excluding tert-OH is 1. The van der Waals surface area contributed by atoms with E-state index >= 15 is 0 Å². The highest BCUT2D eigenvalue weighted by Crippen LogP contribution is 2.23. The number of hydrogen-bond acceptors (Lipinski definition) is 8. The molecule has 1 aromatic heterocycles. The van der Waals surface area contributed by atoms with E-state index in [4.69, 9.17) is 10.5 Å². The highest BCUT2D eigenvalue weighted by molar-refractivity contribution is 7.89. The first-order valence-corrected chi connectivity index (χ1v) is 15.7. The van der Waals surface area contributed by atoms with Gasteiger partial charge in [0, 0.05) is 25.0 Å². The molecule has 4 rings (SSSR count). The highest BCUT2D eigenvalue weighted by atomic mass is 32.2. The topological polar surface area (TPSA) is 155 Å². The monoisotopic (exact) mass is 609 g/mol. The third-order valence-electron chi connectivity index (χ3n) is 7.49. The van der Waals surface area contributed by atoms with Crippen LogP contribution in [-0.4, -0.2) is 72.7 Å². The van der Waals surface area contributed by atoms with Gasteiger partial charge in [-0.3, -0.25) is 9.69 Å². The smallest absolute Gasteiger partial charge is 0.416 e. The number of benzene rings is 2. The number of carbonyl (C=O) groups is 2. The minimum Gasteiger partial charge on any atom is -0.434 e. The van der Waals surface area contributed by atoms with Gasteiger partial charge in [-0.2, -0.15) is 4.31 Å². The van der Waals surface area contributed by atoms with E-state index < -0.39 is 40.3 Å². The molecule has 0 radical (unpaired) electrons. The number of nitrogens with two attached hydrogens (primary N) is 1. The fraction of sp³-hybridized carbons (Fsp3) is 0.387. The number of rotatable bonds is 13. The van der Waals surface area contributed by atoms with Crippen molar-refractivity contribution in [3.8, 4) is 0 Å². The maximum absolute atomic E-state index is 13.7. The first-order chi connectivity index (χ1) is 20.5. The van der Waals surface area contributed by atoms with Gasteiger partial charge in [0.25, 0.3) is 5.91 Å². The number of nitrogens with zero attached hydrogens (tertiary/aromatic N) is 3. The van der Waals surface area contributed by atoms with Gasteiger partial charge in [-0.25, -0.2) is 18.2 Å². The van der Waals surface area contributed by atoms with Gasteiger partial charge < -0.3 is 20.9 Å². The van der Waals surface area contributed by atoms with Gasteiger partial charge in [0.1, 0.15) is 5.82 Å². The number of amides is 2. The summed E-state index contributed by atoms with van der Waals surface area (Å²) < 4.78 is 34.0. The molecule has 4 N–H and O–H groups in total. The Morgan fingerprint density at radius 1 is 1.16 bits per heavy atom. The summed E-state index contributed by atoms with van der Waals surface area (Å²) in [5.41, 5.74) is 7.93. The molecule has 2 heterocycles. The summed E-state index contributed by atoms with van der Waals surface area (Å²) in [6, 6.07) is 17.8. The van der Waals surface area contributed by atoms with Crippen molar-refractivity contribution in [2.75, 3.05) is 30.3 Å². The van der Waals surface area contributed by atoms with E-state index in [0.717, 1.165) is 17.5 Å². The summed E-state index contributed by atoms with van der Waals surface area (Å²) in [5, 5.41) is 14.3. The summed E-state index contributed by atoms with van der Waals surface area (Å²) >= 11 is 0. The molecule has 230 valence electrons. The first-order valence-electron chi connectivity index (χ1n) is 14.3. The number of aryl methyl sites for hydroxylation is 1. The molecular weight excluding hydrogens is 570 g/mol. The minimum atomic E-state index is -4.00. The predicted molar refractivity (Wildman–Crippen MR) is 164 cm³/mol. The lowest BCUT2D eigenvalue weighted by Crippen LogP contribution is -2.53. The van der Waals surface area contributed by atoms with Crippen molar-refractivity contribution < 1.29 is 27.9 Å². The zero-order chi connectivity index (χ0) is 31.1. The third kappa shape index (κ3) is 8.09. The number of aliphatic hydroxyl groups is 1. The largest absolute Gasteiger partial charge is 0.434 e. The molecule has 1 aliphatic heterocycles. The van der Waals surface area contributed by atoms with Crippen LogP contribution < -0.4 is 16.0 Å². The van der Waals surface area contributed by atoms with Crippen LogP contribution in [-0.2, 0) is 26.0 Å². The van der Waals surface area contributed by atoms with E-state index in [0.29, 0.717) is 11.5 Å². The molecule has 0 aliphatic carbocycles. The Balaban J connectivity index is 1.56. The Bertz CT molecular complexity index is 1500. The number of ether oxygens (including phenoxy) is 1. The van der Waals surface area contributed by atoms with Crippen LogP contribution in [0.3, 0.4) is 0 Å². The van der Waals surface area contributed by atoms with Gasteiger partial charge in [0.2, 0.25) is 10.0 Å². The van der Waals surface area contributed by atoms with Crippen molar-refractivity contribution in [1.29, 1.82) is 0 Å². The summed E-state index contributed by atoms with van der Waals surface area (Å²) in [4.78, 5) is 31.6. The van der Waals surface area contributed by atoms with Gasteiger partial charge in [-0.15, -0.1) is 0 Å². The van der Waals surface area contributed by atoms with E-state index in [2.05, 4.69) is 10.3 Å². The van der Waals surface area contributed by atoms with E-state index in [1.165, 1.54) is 33.5 Å². The molecule has 0 saturated carbocycles. The summed E-state index contributed by atoms with van der Waals surface area (Å²) in [6.07, 6.45) is -0.614. The van der Waals surface area contributed by atoms with Crippen LogP contribution in [0.25, 0.3) is 0 Å². The fourth-order valence-electron chi connectivity index (χ4n) is 4.75. The molecule has 43 heavy (non-hydrogen) atoms. The van der Waals surface area contributed by atoms with E-state index in [9.17, 15) is 23.1 Å². The predicted octanol–water partition coefficient (Wildman–Crippen LogP) is 3.12. The van der Waals surface area contributed by atoms with Crippen LogP contribution in [0.4, 0.5) is 16.3 Å². The SMILES string of the molecule is CC[C@@H](C)CN(C[C@@H](O)C(Cc1ccccc1)NC(=O)C1CN(c2cc(C)ccn2)C(=O)O1)S(=O)(=O)c1ccc(N)cc1. The fourth-order valence-corrected chi connectivity index (χ4v) is 6.33. The highest BCUT2D eigenvalue weighted by Gasteiger charge is 2.39. The Kier molecular flexibility index (Phi) is 10.4. The Hall–Kier alpha value is -4.00. The molecule has 2 aromatic carbocycles. The van der Waals surface area contributed by atoms with Gasteiger partial charge >= 0.3 is 6.09 Å². The van der Waals surface area contributed by atoms with E-state index in [1.54, 1.807) is 18.3 Å². The summed E-state index contributed by atoms with van der Waals surface area (Å²) in [6.45, 7) is 5.62. The lowest BCUT2D eigenvalue weighted by Gasteiger charge is -2.31. The zero-order valence-corrected chi connectivity index (χ0v) is 25.4.